The Hall–Kier alpha value is -2.07. The van der Waals surface area contributed by atoms with Crippen LogP contribution in [-0.2, 0) is 0 Å². The van der Waals surface area contributed by atoms with Crippen molar-refractivity contribution in [2.45, 2.75) is 33.5 Å². The number of nitrogens with one attached hydrogen (secondary N) is 2. The van der Waals surface area contributed by atoms with Crippen LogP contribution in [0.25, 0.3) is 0 Å². The van der Waals surface area contributed by atoms with E-state index >= 15 is 0 Å². The quantitative estimate of drug-likeness (QED) is 0.474. The fourth-order valence-corrected chi connectivity index (χ4v) is 2.75. The second-order valence-electron chi connectivity index (χ2n) is 6.61. The molecule has 0 bridgehead atoms. The number of nitrogens with zero attached hydrogens (tertiary/aromatic N) is 1. The van der Waals surface area contributed by atoms with Gasteiger partial charge in [0, 0.05) is 11.4 Å². The van der Waals surface area contributed by atoms with Gasteiger partial charge in [-0.25, -0.2) is 0 Å². The van der Waals surface area contributed by atoms with Gasteiger partial charge in [-0.05, 0) is 57.8 Å². The van der Waals surface area contributed by atoms with E-state index in [9.17, 15) is 0 Å². The molecule has 2 rings (SSSR count). The van der Waals surface area contributed by atoms with Gasteiger partial charge in [0.25, 0.3) is 0 Å². The van der Waals surface area contributed by atoms with E-state index in [1.54, 1.807) is 0 Å². The van der Waals surface area contributed by atoms with Gasteiger partial charge in [-0.15, -0.1) is 0 Å². The fraction of sp³-hybridized carbons (Fsp3) is 0.278. The van der Waals surface area contributed by atoms with Crippen molar-refractivity contribution in [3.63, 3.8) is 0 Å². The van der Waals surface area contributed by atoms with Crippen LogP contribution in [0.3, 0.4) is 0 Å². The zero-order valence-electron chi connectivity index (χ0n) is 14.1. The molecular formula is C18H25N3Si. The van der Waals surface area contributed by atoms with Crippen molar-refractivity contribution >= 4 is 25.6 Å². The number of aryl methyl sites for hydroxylation is 2. The lowest BCUT2D eigenvalue weighted by atomic mass is 10.2. The smallest absolute Gasteiger partial charge is 0.191 e. The van der Waals surface area contributed by atoms with E-state index in [0.29, 0.717) is 0 Å². The number of benzene rings is 2. The van der Waals surface area contributed by atoms with Gasteiger partial charge in [0.1, 0.15) is 0 Å². The van der Waals surface area contributed by atoms with Crippen LogP contribution >= 0.6 is 0 Å². The molecule has 0 unspecified atom stereocenters. The van der Waals surface area contributed by atoms with Crippen LogP contribution in [-0.4, -0.2) is 14.2 Å². The Morgan fingerprint density at radius 1 is 0.727 bits per heavy atom. The minimum atomic E-state index is -1.59. The van der Waals surface area contributed by atoms with Crippen LogP contribution in [0.4, 0.5) is 11.4 Å². The highest BCUT2D eigenvalue weighted by molar-refractivity contribution is 6.75. The van der Waals surface area contributed by atoms with E-state index < -0.39 is 8.24 Å². The van der Waals surface area contributed by atoms with E-state index in [0.717, 1.165) is 17.3 Å². The van der Waals surface area contributed by atoms with Gasteiger partial charge in [-0.1, -0.05) is 35.4 Å². The normalized spacial score (nSPS) is 11.0. The number of guanidine groups is 1. The molecule has 0 spiro atoms. The van der Waals surface area contributed by atoms with Gasteiger partial charge in [-0.3, -0.25) is 4.66 Å². The predicted molar refractivity (Wildman–Crippen MR) is 100 cm³/mol. The Labute approximate surface area is 134 Å². The van der Waals surface area contributed by atoms with Gasteiger partial charge in [-0.2, -0.15) is 0 Å². The van der Waals surface area contributed by atoms with E-state index in [1.807, 2.05) is 0 Å². The van der Waals surface area contributed by atoms with Gasteiger partial charge in [0.15, 0.2) is 14.2 Å². The van der Waals surface area contributed by atoms with Crippen LogP contribution in [0.2, 0.25) is 19.6 Å². The molecule has 0 aliphatic rings. The molecule has 0 saturated heterocycles. The summed E-state index contributed by atoms with van der Waals surface area (Å²) < 4.78 is 4.88. The Bertz CT molecular complexity index is 588. The standard InChI is InChI=1S/C18H25N3Si/c1-14-6-10-16(11-7-14)19-18(21-22(3,4)5)20-17-12-8-15(2)9-13-17/h6-13H,1-5H3,(H2,19,20,21). The second-order valence-corrected chi connectivity index (χ2v) is 11.2. The summed E-state index contributed by atoms with van der Waals surface area (Å²) in [5.74, 6) is 0.812. The average Bonchev–Trinajstić information content (AvgIpc) is 2.42. The monoisotopic (exact) mass is 311 g/mol. The molecule has 2 aromatic carbocycles. The molecule has 2 aromatic rings. The first kappa shape index (κ1) is 16.3. The lowest BCUT2D eigenvalue weighted by molar-refractivity contribution is 1.43. The van der Waals surface area contributed by atoms with Crippen LogP contribution < -0.4 is 10.6 Å². The van der Waals surface area contributed by atoms with Crippen LogP contribution in [0.1, 0.15) is 11.1 Å². The summed E-state index contributed by atoms with van der Waals surface area (Å²) in [5.41, 5.74) is 4.59. The predicted octanol–water partition coefficient (Wildman–Crippen LogP) is 5.02. The Kier molecular flexibility index (Phi) is 5.03. The van der Waals surface area contributed by atoms with Crippen molar-refractivity contribution in [2.75, 3.05) is 10.6 Å². The van der Waals surface area contributed by atoms with Crippen molar-refractivity contribution in [1.29, 1.82) is 0 Å². The maximum absolute atomic E-state index is 4.88. The van der Waals surface area contributed by atoms with E-state index in [4.69, 9.17) is 4.66 Å². The van der Waals surface area contributed by atoms with Crippen molar-refractivity contribution < 1.29 is 0 Å². The largest absolute Gasteiger partial charge is 0.327 e. The molecule has 0 saturated carbocycles. The molecule has 22 heavy (non-hydrogen) atoms. The molecule has 0 radical (unpaired) electrons. The highest BCUT2D eigenvalue weighted by atomic mass is 28.3. The molecule has 3 nitrogen and oxygen atoms in total. The van der Waals surface area contributed by atoms with Crippen LogP contribution in [0.5, 0.6) is 0 Å². The molecule has 0 aliphatic heterocycles. The SMILES string of the molecule is Cc1ccc(NC(=N[Si](C)(C)C)Nc2ccc(C)cc2)cc1. The molecule has 0 heterocycles. The summed E-state index contributed by atoms with van der Waals surface area (Å²) in [6.07, 6.45) is 0. The van der Waals surface area contributed by atoms with Crippen molar-refractivity contribution in [3.8, 4) is 0 Å². The lowest BCUT2D eigenvalue weighted by Gasteiger charge is -2.18. The maximum Gasteiger partial charge on any atom is 0.191 e. The third-order valence-corrected chi connectivity index (χ3v) is 3.97. The summed E-state index contributed by atoms with van der Waals surface area (Å²) in [7, 11) is -1.59. The van der Waals surface area contributed by atoms with Gasteiger partial charge in [0.2, 0.25) is 0 Å². The van der Waals surface area contributed by atoms with Gasteiger partial charge in [0.05, 0.1) is 0 Å². The summed E-state index contributed by atoms with van der Waals surface area (Å²) in [6.45, 7) is 10.8. The summed E-state index contributed by atoms with van der Waals surface area (Å²) in [6, 6.07) is 16.7. The average molecular weight is 312 g/mol. The molecule has 0 fully saturated rings. The van der Waals surface area contributed by atoms with E-state index in [-0.39, 0.29) is 0 Å². The van der Waals surface area contributed by atoms with Crippen LogP contribution in [0.15, 0.2) is 53.2 Å². The summed E-state index contributed by atoms with van der Waals surface area (Å²) >= 11 is 0. The molecule has 2 N–H and O–H groups in total. The first-order chi connectivity index (χ1) is 10.3. The highest BCUT2D eigenvalue weighted by Crippen LogP contribution is 2.13. The zero-order valence-corrected chi connectivity index (χ0v) is 15.1. The second kappa shape index (κ2) is 6.79. The zero-order chi connectivity index (χ0) is 16.2. The minimum Gasteiger partial charge on any atom is -0.327 e. The summed E-state index contributed by atoms with van der Waals surface area (Å²) in [5, 5.41) is 6.80. The Balaban J connectivity index is 2.21. The van der Waals surface area contributed by atoms with Crippen molar-refractivity contribution in [3.05, 3.63) is 59.7 Å². The molecule has 0 atom stereocenters. The fourth-order valence-electron chi connectivity index (χ4n) is 1.97. The molecular weight excluding hydrogens is 286 g/mol. The van der Waals surface area contributed by atoms with Gasteiger partial charge >= 0.3 is 0 Å². The third-order valence-electron chi connectivity index (χ3n) is 3.08. The number of hydrogen-bond acceptors (Lipinski definition) is 1. The van der Waals surface area contributed by atoms with Crippen LogP contribution in [0, 0.1) is 13.8 Å². The summed E-state index contributed by atoms with van der Waals surface area (Å²) in [4.78, 5) is 0. The van der Waals surface area contributed by atoms with Crippen molar-refractivity contribution in [2.24, 2.45) is 4.66 Å². The molecule has 0 aliphatic carbocycles. The lowest BCUT2D eigenvalue weighted by Crippen LogP contribution is -2.29. The molecule has 0 amide bonds. The Morgan fingerprint density at radius 2 is 1.09 bits per heavy atom. The minimum absolute atomic E-state index is 0.812. The van der Waals surface area contributed by atoms with E-state index in [2.05, 4.69) is 92.7 Å². The molecule has 0 aromatic heterocycles. The first-order valence-electron chi connectivity index (χ1n) is 7.59. The highest BCUT2D eigenvalue weighted by Gasteiger charge is 2.14. The Morgan fingerprint density at radius 3 is 1.41 bits per heavy atom. The van der Waals surface area contributed by atoms with Gasteiger partial charge < -0.3 is 10.6 Å². The molecule has 4 heteroatoms. The van der Waals surface area contributed by atoms with E-state index in [1.165, 1.54) is 11.1 Å². The number of rotatable bonds is 3. The molecule has 116 valence electrons. The third kappa shape index (κ3) is 5.37. The maximum atomic E-state index is 4.88. The van der Waals surface area contributed by atoms with Crippen molar-refractivity contribution in [1.82, 2.24) is 0 Å². The topological polar surface area (TPSA) is 36.4 Å². The first-order valence-corrected chi connectivity index (χ1v) is 11.0. The number of hydrogen-bond donors (Lipinski definition) is 2. The number of anilines is 2.